The van der Waals surface area contributed by atoms with Crippen molar-refractivity contribution in [2.45, 2.75) is 25.8 Å². The lowest BCUT2D eigenvalue weighted by atomic mass is 10.1. The Balaban J connectivity index is 2.05. The van der Waals surface area contributed by atoms with E-state index in [-0.39, 0.29) is 18.4 Å². The van der Waals surface area contributed by atoms with E-state index in [0.717, 1.165) is 5.39 Å². The fourth-order valence-corrected chi connectivity index (χ4v) is 1.87. The first-order valence-electron chi connectivity index (χ1n) is 6.07. The highest BCUT2D eigenvalue weighted by Gasteiger charge is 2.15. The second-order valence-corrected chi connectivity index (χ2v) is 4.45. The lowest BCUT2D eigenvalue weighted by Crippen LogP contribution is -2.32. The molecule has 5 heteroatoms. The van der Waals surface area contributed by atoms with Crippen LogP contribution in [0.2, 0.25) is 0 Å². The van der Waals surface area contributed by atoms with E-state index in [1.807, 2.05) is 18.2 Å². The molecule has 0 saturated heterocycles. The Morgan fingerprint density at radius 3 is 2.84 bits per heavy atom. The van der Waals surface area contributed by atoms with E-state index in [1.54, 1.807) is 13.0 Å². The van der Waals surface area contributed by atoms with E-state index in [4.69, 9.17) is 9.52 Å². The van der Waals surface area contributed by atoms with Crippen molar-refractivity contribution in [1.29, 1.82) is 0 Å². The molecule has 0 radical (unpaired) electrons. The maximum absolute atomic E-state index is 12.1. The Labute approximate surface area is 110 Å². The van der Waals surface area contributed by atoms with Crippen LogP contribution in [-0.2, 0) is 4.79 Å². The molecule has 0 saturated carbocycles. The van der Waals surface area contributed by atoms with Gasteiger partial charge in [0.25, 0.3) is 5.91 Å². The van der Waals surface area contributed by atoms with E-state index >= 15 is 0 Å². The normalized spacial score (nSPS) is 12.3. The average molecular weight is 261 g/mol. The van der Waals surface area contributed by atoms with E-state index in [1.165, 1.54) is 6.26 Å². The number of hydrogen-bond acceptors (Lipinski definition) is 3. The summed E-state index contributed by atoms with van der Waals surface area (Å²) in [4.78, 5) is 22.5. The monoisotopic (exact) mass is 261 g/mol. The molecule has 19 heavy (non-hydrogen) atoms. The van der Waals surface area contributed by atoms with Crippen molar-refractivity contribution < 1.29 is 19.1 Å². The number of carboxylic acids is 1. The van der Waals surface area contributed by atoms with E-state index in [0.29, 0.717) is 17.6 Å². The van der Waals surface area contributed by atoms with Crippen LogP contribution >= 0.6 is 0 Å². The van der Waals surface area contributed by atoms with Crippen LogP contribution in [0.25, 0.3) is 11.0 Å². The first kappa shape index (κ1) is 13.1. The van der Waals surface area contributed by atoms with Crippen molar-refractivity contribution >= 4 is 22.8 Å². The highest BCUT2D eigenvalue weighted by molar-refractivity contribution is 6.05. The molecule has 0 aliphatic carbocycles. The highest BCUT2D eigenvalue weighted by atomic mass is 16.4. The number of aliphatic carboxylic acids is 1. The molecule has 2 N–H and O–H groups in total. The smallest absolute Gasteiger partial charge is 0.303 e. The highest BCUT2D eigenvalue weighted by Crippen LogP contribution is 2.20. The Bertz CT molecular complexity index is 602. The van der Waals surface area contributed by atoms with Gasteiger partial charge in [-0.05, 0) is 19.4 Å². The predicted molar refractivity (Wildman–Crippen MR) is 70.0 cm³/mol. The molecule has 100 valence electrons. The second-order valence-electron chi connectivity index (χ2n) is 4.45. The molecular weight excluding hydrogens is 246 g/mol. The van der Waals surface area contributed by atoms with Crippen LogP contribution in [-0.4, -0.2) is 23.0 Å². The average Bonchev–Trinajstić information content (AvgIpc) is 2.80. The maximum Gasteiger partial charge on any atom is 0.303 e. The quantitative estimate of drug-likeness (QED) is 0.866. The Morgan fingerprint density at radius 1 is 1.37 bits per heavy atom. The van der Waals surface area contributed by atoms with Gasteiger partial charge in [0, 0.05) is 17.8 Å². The van der Waals surface area contributed by atoms with Crippen LogP contribution < -0.4 is 5.32 Å². The molecular formula is C14H15NO4. The molecule has 0 spiro atoms. The van der Waals surface area contributed by atoms with Gasteiger partial charge in [0.05, 0.1) is 5.56 Å². The standard InChI is InChI=1S/C14H15NO4/c1-9(6-7-13(16)17)15-14(18)11-8-19-12-5-3-2-4-10(11)12/h2-5,8-9H,6-7H2,1H3,(H,15,18)(H,16,17). The summed E-state index contributed by atoms with van der Waals surface area (Å²) in [7, 11) is 0. The van der Waals surface area contributed by atoms with Crippen molar-refractivity contribution in [3.63, 3.8) is 0 Å². The summed E-state index contributed by atoms with van der Waals surface area (Å²) in [5.41, 5.74) is 1.13. The van der Waals surface area contributed by atoms with Crippen molar-refractivity contribution in [2.75, 3.05) is 0 Å². The number of carbonyl (C=O) groups excluding carboxylic acids is 1. The molecule has 1 aromatic carbocycles. The summed E-state index contributed by atoms with van der Waals surface area (Å²) in [5, 5.41) is 12.1. The molecule has 2 rings (SSSR count). The number of carbonyl (C=O) groups is 2. The van der Waals surface area contributed by atoms with Crippen molar-refractivity contribution in [1.82, 2.24) is 5.32 Å². The Hall–Kier alpha value is -2.30. The third-order valence-corrected chi connectivity index (χ3v) is 2.89. The predicted octanol–water partition coefficient (Wildman–Crippen LogP) is 2.42. The molecule has 5 nitrogen and oxygen atoms in total. The number of amides is 1. The molecule has 2 aromatic rings. The first-order valence-corrected chi connectivity index (χ1v) is 6.07. The topological polar surface area (TPSA) is 79.5 Å². The minimum Gasteiger partial charge on any atom is -0.481 e. The summed E-state index contributed by atoms with van der Waals surface area (Å²) in [6, 6.07) is 7.08. The van der Waals surface area contributed by atoms with Crippen molar-refractivity contribution in [3.8, 4) is 0 Å². The fourth-order valence-electron chi connectivity index (χ4n) is 1.87. The number of fused-ring (bicyclic) bond motifs is 1. The van der Waals surface area contributed by atoms with Gasteiger partial charge in [-0.2, -0.15) is 0 Å². The molecule has 1 unspecified atom stereocenters. The lowest BCUT2D eigenvalue weighted by molar-refractivity contribution is -0.137. The first-order chi connectivity index (χ1) is 9.08. The van der Waals surface area contributed by atoms with Gasteiger partial charge in [-0.25, -0.2) is 0 Å². The summed E-state index contributed by atoms with van der Waals surface area (Å²) in [5.74, 6) is -1.11. The van der Waals surface area contributed by atoms with E-state index in [9.17, 15) is 9.59 Å². The zero-order valence-corrected chi connectivity index (χ0v) is 10.6. The number of furan rings is 1. The van der Waals surface area contributed by atoms with Gasteiger partial charge in [0.2, 0.25) is 0 Å². The zero-order valence-electron chi connectivity index (χ0n) is 10.6. The van der Waals surface area contributed by atoms with Gasteiger partial charge < -0.3 is 14.8 Å². The summed E-state index contributed by atoms with van der Waals surface area (Å²) >= 11 is 0. The van der Waals surface area contributed by atoms with Gasteiger partial charge in [0.15, 0.2) is 0 Å². The molecule has 0 bridgehead atoms. The Kier molecular flexibility index (Phi) is 3.85. The van der Waals surface area contributed by atoms with Gasteiger partial charge in [-0.15, -0.1) is 0 Å². The lowest BCUT2D eigenvalue weighted by Gasteiger charge is -2.11. The maximum atomic E-state index is 12.1. The number of hydrogen-bond donors (Lipinski definition) is 2. The minimum atomic E-state index is -0.866. The van der Waals surface area contributed by atoms with Gasteiger partial charge in [-0.1, -0.05) is 18.2 Å². The molecule has 0 aliphatic heterocycles. The number of nitrogens with one attached hydrogen (secondary N) is 1. The molecule has 0 aliphatic rings. The van der Waals surface area contributed by atoms with Gasteiger partial charge >= 0.3 is 5.97 Å². The van der Waals surface area contributed by atoms with Crippen molar-refractivity contribution in [3.05, 3.63) is 36.1 Å². The molecule has 1 atom stereocenters. The third-order valence-electron chi connectivity index (χ3n) is 2.89. The second kappa shape index (κ2) is 5.56. The number of para-hydroxylation sites is 1. The number of rotatable bonds is 5. The van der Waals surface area contributed by atoms with Gasteiger partial charge in [0.1, 0.15) is 11.8 Å². The summed E-state index contributed by atoms with van der Waals surface area (Å²) < 4.78 is 5.29. The zero-order chi connectivity index (χ0) is 13.8. The van der Waals surface area contributed by atoms with Crippen molar-refractivity contribution in [2.24, 2.45) is 0 Å². The van der Waals surface area contributed by atoms with Crippen LogP contribution in [0, 0.1) is 0 Å². The SMILES string of the molecule is CC(CCC(=O)O)NC(=O)c1coc2ccccc12. The molecule has 1 heterocycles. The van der Waals surface area contributed by atoms with Crippen LogP contribution in [0.1, 0.15) is 30.1 Å². The summed E-state index contributed by atoms with van der Waals surface area (Å²) in [6.07, 6.45) is 1.86. The molecule has 1 aromatic heterocycles. The minimum absolute atomic E-state index is 0.0353. The molecule has 0 fully saturated rings. The number of benzene rings is 1. The van der Waals surface area contributed by atoms with E-state index in [2.05, 4.69) is 5.32 Å². The van der Waals surface area contributed by atoms with Crippen LogP contribution in [0.5, 0.6) is 0 Å². The largest absolute Gasteiger partial charge is 0.481 e. The Morgan fingerprint density at radius 2 is 2.11 bits per heavy atom. The number of carboxylic acid groups (broad SMARTS) is 1. The fraction of sp³-hybridized carbons (Fsp3) is 0.286. The van der Waals surface area contributed by atoms with Crippen LogP contribution in [0.15, 0.2) is 34.9 Å². The van der Waals surface area contributed by atoms with Gasteiger partial charge in [-0.3, -0.25) is 9.59 Å². The summed E-state index contributed by atoms with van der Waals surface area (Å²) in [6.45, 7) is 1.78. The van der Waals surface area contributed by atoms with Crippen LogP contribution in [0.3, 0.4) is 0 Å². The molecule has 1 amide bonds. The van der Waals surface area contributed by atoms with E-state index < -0.39 is 5.97 Å². The van der Waals surface area contributed by atoms with Crippen LogP contribution in [0.4, 0.5) is 0 Å². The third kappa shape index (κ3) is 3.13.